The van der Waals surface area contributed by atoms with Crippen LogP contribution >= 0.6 is 0 Å². The van der Waals surface area contributed by atoms with Gasteiger partial charge in [-0.25, -0.2) is 4.79 Å². The molecule has 0 saturated heterocycles. The van der Waals surface area contributed by atoms with E-state index < -0.39 is 5.97 Å². The van der Waals surface area contributed by atoms with Crippen LogP contribution in [0.25, 0.3) is 0 Å². The first-order valence-electron chi connectivity index (χ1n) is 4.40. The largest absolute Gasteiger partial charge is 1.00 e. The zero-order valence-corrected chi connectivity index (χ0v) is 9.87. The number of aliphatic hydroxyl groups excluding tert-OH is 1. The van der Waals surface area contributed by atoms with Gasteiger partial charge < -0.3 is 22.0 Å². The van der Waals surface area contributed by atoms with E-state index in [-0.39, 0.29) is 25.7 Å². The van der Waals surface area contributed by atoms with E-state index in [4.69, 9.17) is 9.99 Å². The fourth-order valence-electron chi connectivity index (χ4n) is 0.824. The maximum absolute atomic E-state index is 10.6. The molecular formula is C9H18ClNO4. The molecule has 0 heterocycles. The Morgan fingerprint density at radius 3 is 2.60 bits per heavy atom. The molecule has 0 atom stereocenters. The van der Waals surface area contributed by atoms with Gasteiger partial charge in [-0.05, 0) is 0 Å². The van der Waals surface area contributed by atoms with Gasteiger partial charge in [0, 0.05) is 19.1 Å². The van der Waals surface area contributed by atoms with Crippen LogP contribution in [0.2, 0.25) is 0 Å². The van der Waals surface area contributed by atoms with Crippen molar-refractivity contribution in [2.75, 3.05) is 34.0 Å². The molecule has 15 heavy (non-hydrogen) atoms. The summed E-state index contributed by atoms with van der Waals surface area (Å²) in [6, 6.07) is 0. The summed E-state index contributed by atoms with van der Waals surface area (Å²) in [6.45, 7) is 4.38. The number of hydrogen-bond donors (Lipinski definition) is 1. The van der Waals surface area contributed by atoms with Gasteiger partial charge in [-0.1, -0.05) is 6.58 Å². The fourth-order valence-corrected chi connectivity index (χ4v) is 0.824. The van der Waals surface area contributed by atoms with Gasteiger partial charge in [-0.3, -0.25) is 4.89 Å². The lowest BCUT2D eigenvalue weighted by Gasteiger charge is -2.27. The molecule has 6 heteroatoms. The van der Waals surface area contributed by atoms with Crippen LogP contribution in [0.15, 0.2) is 12.7 Å². The third-order valence-electron chi connectivity index (χ3n) is 1.63. The average molecular weight is 240 g/mol. The number of aliphatic hydroxyl groups is 1. The summed E-state index contributed by atoms with van der Waals surface area (Å²) in [5.41, 5.74) is 0. The number of carbonyl (C=O) groups excluding carboxylic acids is 1. The second-order valence-electron chi connectivity index (χ2n) is 3.59. The van der Waals surface area contributed by atoms with Crippen LogP contribution in [0.4, 0.5) is 0 Å². The van der Waals surface area contributed by atoms with Crippen LogP contribution in [0.5, 0.6) is 0 Å². The number of halogens is 1. The first kappa shape index (κ1) is 16.8. The summed E-state index contributed by atoms with van der Waals surface area (Å²) in [6.07, 6.45) is 1.72. The molecule has 0 bridgehead atoms. The molecule has 0 rings (SSSR count). The lowest BCUT2D eigenvalue weighted by Crippen LogP contribution is -3.00. The summed E-state index contributed by atoms with van der Waals surface area (Å²) in [5.74, 6) is -0.604. The van der Waals surface area contributed by atoms with Crippen LogP contribution in [0.1, 0.15) is 6.42 Å². The maximum Gasteiger partial charge on any atom is 0.365 e. The van der Waals surface area contributed by atoms with E-state index in [1.807, 2.05) is 14.1 Å². The second kappa shape index (κ2) is 8.67. The average Bonchev–Trinajstić information content (AvgIpc) is 2.14. The van der Waals surface area contributed by atoms with E-state index in [0.29, 0.717) is 10.9 Å². The van der Waals surface area contributed by atoms with Crippen LogP contribution in [0, 0.1) is 0 Å². The fraction of sp³-hybridized carbons (Fsp3) is 0.667. The summed E-state index contributed by atoms with van der Waals surface area (Å²) in [5, 5.41) is 8.63. The first-order chi connectivity index (χ1) is 6.52. The topological polar surface area (TPSA) is 55.8 Å². The molecule has 0 unspecified atom stereocenters. The van der Waals surface area contributed by atoms with Gasteiger partial charge >= 0.3 is 5.97 Å². The molecule has 0 spiro atoms. The molecule has 0 aliphatic rings. The van der Waals surface area contributed by atoms with Crippen molar-refractivity contribution < 1.29 is 36.6 Å². The molecule has 0 saturated carbocycles. The van der Waals surface area contributed by atoms with E-state index in [0.717, 1.165) is 12.6 Å². The Bertz CT molecular complexity index is 197. The molecule has 90 valence electrons. The Balaban J connectivity index is 0. The van der Waals surface area contributed by atoms with Crippen molar-refractivity contribution in [1.29, 1.82) is 0 Å². The Kier molecular flexibility index (Phi) is 9.71. The van der Waals surface area contributed by atoms with Gasteiger partial charge in [0.05, 0.1) is 20.6 Å². The summed E-state index contributed by atoms with van der Waals surface area (Å²) in [4.78, 5) is 19.7. The lowest BCUT2D eigenvalue weighted by molar-refractivity contribution is -0.917. The maximum atomic E-state index is 10.6. The van der Waals surface area contributed by atoms with E-state index in [1.165, 1.54) is 0 Å². The van der Waals surface area contributed by atoms with Gasteiger partial charge in [0.15, 0.2) is 0 Å². The smallest absolute Gasteiger partial charge is 0.365 e. The number of rotatable bonds is 7. The van der Waals surface area contributed by atoms with Crippen molar-refractivity contribution in [3.63, 3.8) is 0 Å². The van der Waals surface area contributed by atoms with Crippen molar-refractivity contribution in [2.45, 2.75) is 6.42 Å². The molecule has 0 amide bonds. The van der Waals surface area contributed by atoms with Crippen molar-refractivity contribution in [2.24, 2.45) is 0 Å². The second-order valence-corrected chi connectivity index (χ2v) is 3.59. The molecule has 0 aromatic heterocycles. The molecule has 0 aromatic carbocycles. The normalized spacial score (nSPS) is 10.3. The Hall–Kier alpha value is -0.620. The number of carbonyl (C=O) groups is 1. The van der Waals surface area contributed by atoms with Crippen molar-refractivity contribution in [1.82, 2.24) is 0 Å². The minimum absolute atomic E-state index is 0. The molecule has 0 fully saturated rings. The SMILES string of the molecule is C=CC(=O)OOC[N+](C)(C)CCCO.[Cl-]. The zero-order chi connectivity index (χ0) is 11.0. The third-order valence-corrected chi connectivity index (χ3v) is 1.63. The van der Waals surface area contributed by atoms with Crippen LogP contribution in [0.3, 0.4) is 0 Å². The predicted molar refractivity (Wildman–Crippen MR) is 50.9 cm³/mol. The molecule has 5 nitrogen and oxygen atoms in total. The standard InChI is InChI=1S/C9H18NO4.ClH/c1-4-9(12)14-13-8-10(2,3)6-5-7-11;/h4,11H,1,5-8H2,2-3H3;1H/q+1;/p-1. The number of quaternary nitrogens is 1. The Morgan fingerprint density at radius 2 is 2.13 bits per heavy atom. The molecule has 0 aliphatic heterocycles. The van der Waals surface area contributed by atoms with Crippen LogP contribution in [-0.4, -0.2) is 49.5 Å². The quantitative estimate of drug-likeness (QED) is 0.170. The van der Waals surface area contributed by atoms with Gasteiger partial charge in [0.1, 0.15) is 0 Å². The van der Waals surface area contributed by atoms with E-state index in [1.54, 1.807) is 0 Å². The predicted octanol–water partition coefficient (Wildman–Crippen LogP) is -2.93. The molecular weight excluding hydrogens is 222 g/mol. The molecule has 0 aromatic rings. The van der Waals surface area contributed by atoms with E-state index >= 15 is 0 Å². The summed E-state index contributed by atoms with van der Waals surface area (Å²) < 4.78 is 0.519. The van der Waals surface area contributed by atoms with Crippen LogP contribution < -0.4 is 12.4 Å². The van der Waals surface area contributed by atoms with Crippen molar-refractivity contribution in [3.8, 4) is 0 Å². The first-order valence-corrected chi connectivity index (χ1v) is 4.40. The van der Waals surface area contributed by atoms with Gasteiger partial charge in [-0.15, -0.1) is 4.89 Å². The van der Waals surface area contributed by atoms with E-state index in [2.05, 4.69) is 11.5 Å². The lowest BCUT2D eigenvalue weighted by atomic mass is 10.4. The van der Waals surface area contributed by atoms with Crippen molar-refractivity contribution in [3.05, 3.63) is 12.7 Å². The van der Waals surface area contributed by atoms with E-state index in [9.17, 15) is 4.79 Å². The highest BCUT2D eigenvalue weighted by molar-refractivity contribution is 5.80. The van der Waals surface area contributed by atoms with Crippen molar-refractivity contribution >= 4 is 5.97 Å². The summed E-state index contributed by atoms with van der Waals surface area (Å²) >= 11 is 0. The molecule has 0 aliphatic carbocycles. The highest BCUT2D eigenvalue weighted by Gasteiger charge is 2.15. The Morgan fingerprint density at radius 1 is 1.53 bits per heavy atom. The summed E-state index contributed by atoms with van der Waals surface area (Å²) in [7, 11) is 3.83. The highest BCUT2D eigenvalue weighted by Crippen LogP contribution is 1.99. The molecule has 0 radical (unpaired) electrons. The third kappa shape index (κ3) is 9.68. The van der Waals surface area contributed by atoms with Gasteiger partial charge in [-0.2, -0.15) is 0 Å². The molecule has 1 N–H and O–H groups in total. The monoisotopic (exact) mass is 239 g/mol. The minimum atomic E-state index is -0.604. The van der Waals surface area contributed by atoms with Gasteiger partial charge in [0.25, 0.3) is 0 Å². The highest BCUT2D eigenvalue weighted by atomic mass is 35.5. The van der Waals surface area contributed by atoms with Gasteiger partial charge in [0.2, 0.25) is 6.73 Å². The zero-order valence-electron chi connectivity index (χ0n) is 9.11. The minimum Gasteiger partial charge on any atom is -1.00 e. The van der Waals surface area contributed by atoms with Crippen LogP contribution in [-0.2, 0) is 14.6 Å². The number of hydrogen-bond acceptors (Lipinski definition) is 4. The number of nitrogens with zero attached hydrogens (tertiary/aromatic N) is 1. The Labute approximate surface area is 96.2 Å².